The van der Waals surface area contributed by atoms with E-state index >= 15 is 0 Å². The summed E-state index contributed by atoms with van der Waals surface area (Å²) < 4.78 is 38.5. The van der Waals surface area contributed by atoms with Crippen molar-refractivity contribution >= 4 is 11.6 Å². The summed E-state index contributed by atoms with van der Waals surface area (Å²) in [7, 11) is 0. The van der Waals surface area contributed by atoms with Crippen LogP contribution < -0.4 is 10.6 Å². The summed E-state index contributed by atoms with van der Waals surface area (Å²) in [6.07, 6.45) is -2.61. The minimum atomic E-state index is -4.59. The van der Waals surface area contributed by atoms with E-state index in [1.807, 2.05) is 13.8 Å². The summed E-state index contributed by atoms with van der Waals surface area (Å²) in [5.74, 6) is -0.894. The first kappa shape index (κ1) is 17.6. The van der Waals surface area contributed by atoms with Gasteiger partial charge in [0.2, 0.25) is 0 Å². The molecule has 118 valence electrons. The monoisotopic (exact) mass is 311 g/mol. The van der Waals surface area contributed by atoms with Crippen molar-refractivity contribution in [1.29, 1.82) is 5.26 Å². The fourth-order valence-corrected chi connectivity index (χ4v) is 1.52. The molecule has 0 fully saturated rings. The fourth-order valence-electron chi connectivity index (χ4n) is 1.52. The molecule has 0 radical (unpaired) electrons. The highest BCUT2D eigenvalue weighted by molar-refractivity contribution is 6.06. The number of halogens is 3. The Morgan fingerprint density at radius 3 is 2.59 bits per heavy atom. The first-order valence-electron chi connectivity index (χ1n) is 6.63. The molecule has 4 nitrogen and oxygen atoms in total. The van der Waals surface area contributed by atoms with Crippen LogP contribution >= 0.6 is 0 Å². The number of carbonyl (C=O) groups excluding carboxylic acids is 1. The standard InChI is InChI=1S/C15H16F3N3O/c1-3-10(2)20-9-11(8-19)14(22)21-13-7-5-4-6-12(13)15(16,17)18/h4-7,9-10,20H,3H2,1-2H3,(H,21,22)/b11-9-. The van der Waals surface area contributed by atoms with E-state index in [1.165, 1.54) is 18.3 Å². The number of carbonyl (C=O) groups is 1. The number of para-hydroxylation sites is 1. The maximum Gasteiger partial charge on any atom is 0.418 e. The molecule has 22 heavy (non-hydrogen) atoms. The quantitative estimate of drug-likeness (QED) is 0.646. The van der Waals surface area contributed by atoms with Gasteiger partial charge in [0.25, 0.3) is 5.91 Å². The molecule has 1 atom stereocenters. The molecule has 0 saturated carbocycles. The van der Waals surface area contributed by atoms with Gasteiger partial charge in [-0.25, -0.2) is 0 Å². The second kappa shape index (κ2) is 7.50. The number of nitrogens with one attached hydrogen (secondary N) is 2. The summed E-state index contributed by atoms with van der Waals surface area (Å²) >= 11 is 0. The van der Waals surface area contributed by atoms with Gasteiger partial charge in [-0.05, 0) is 25.5 Å². The van der Waals surface area contributed by atoms with E-state index < -0.39 is 17.6 Å². The van der Waals surface area contributed by atoms with Crippen LogP contribution in [0.25, 0.3) is 0 Å². The minimum absolute atomic E-state index is 0.0404. The lowest BCUT2D eigenvalue weighted by Gasteiger charge is -2.13. The predicted octanol–water partition coefficient (Wildman–Crippen LogP) is 3.44. The molecule has 0 aliphatic rings. The number of benzene rings is 1. The summed E-state index contributed by atoms with van der Waals surface area (Å²) in [5, 5.41) is 13.9. The summed E-state index contributed by atoms with van der Waals surface area (Å²) in [5.41, 5.74) is -1.64. The summed E-state index contributed by atoms with van der Waals surface area (Å²) in [6, 6.07) is 6.31. The average molecular weight is 311 g/mol. The zero-order valence-electron chi connectivity index (χ0n) is 12.2. The van der Waals surface area contributed by atoms with Crippen molar-refractivity contribution in [2.45, 2.75) is 32.5 Å². The normalized spacial score (nSPS) is 13.2. The number of alkyl halides is 3. The number of hydrogen-bond donors (Lipinski definition) is 2. The lowest BCUT2D eigenvalue weighted by Crippen LogP contribution is -2.23. The lowest BCUT2D eigenvalue weighted by atomic mass is 10.1. The van der Waals surface area contributed by atoms with E-state index in [9.17, 15) is 18.0 Å². The van der Waals surface area contributed by atoms with Gasteiger partial charge in [0.05, 0.1) is 11.3 Å². The van der Waals surface area contributed by atoms with Crippen LogP contribution in [0.4, 0.5) is 18.9 Å². The third-order valence-corrected chi connectivity index (χ3v) is 2.97. The first-order valence-corrected chi connectivity index (χ1v) is 6.63. The third kappa shape index (κ3) is 4.81. The van der Waals surface area contributed by atoms with Crippen LogP contribution in [0, 0.1) is 11.3 Å². The van der Waals surface area contributed by atoms with Crippen molar-refractivity contribution in [2.24, 2.45) is 0 Å². The molecule has 0 heterocycles. The maximum atomic E-state index is 12.8. The van der Waals surface area contributed by atoms with Gasteiger partial charge in [0.15, 0.2) is 0 Å². The Hall–Kier alpha value is -2.49. The van der Waals surface area contributed by atoms with Gasteiger partial charge in [-0.2, -0.15) is 18.4 Å². The smallest absolute Gasteiger partial charge is 0.387 e. The molecule has 0 aliphatic carbocycles. The zero-order valence-corrected chi connectivity index (χ0v) is 12.2. The molecule has 1 rings (SSSR count). The van der Waals surface area contributed by atoms with Crippen molar-refractivity contribution in [2.75, 3.05) is 5.32 Å². The number of anilines is 1. The Labute approximate surface area is 126 Å². The van der Waals surface area contributed by atoms with Gasteiger partial charge < -0.3 is 10.6 Å². The second-order valence-electron chi connectivity index (χ2n) is 4.64. The molecular formula is C15H16F3N3O. The van der Waals surface area contributed by atoms with E-state index in [4.69, 9.17) is 5.26 Å². The molecule has 1 amide bonds. The van der Waals surface area contributed by atoms with E-state index in [-0.39, 0.29) is 17.3 Å². The van der Waals surface area contributed by atoms with E-state index in [2.05, 4.69) is 10.6 Å². The van der Waals surface area contributed by atoms with E-state index in [0.29, 0.717) is 0 Å². The van der Waals surface area contributed by atoms with Crippen LogP contribution in [0.3, 0.4) is 0 Å². The molecule has 0 saturated heterocycles. The van der Waals surface area contributed by atoms with Gasteiger partial charge in [0, 0.05) is 12.2 Å². The largest absolute Gasteiger partial charge is 0.418 e. The van der Waals surface area contributed by atoms with Crippen LogP contribution in [0.2, 0.25) is 0 Å². The van der Waals surface area contributed by atoms with Crippen LogP contribution in [-0.4, -0.2) is 11.9 Å². The minimum Gasteiger partial charge on any atom is -0.387 e. The van der Waals surface area contributed by atoms with Crippen LogP contribution in [0.15, 0.2) is 36.0 Å². The van der Waals surface area contributed by atoms with Gasteiger partial charge in [0.1, 0.15) is 11.6 Å². The van der Waals surface area contributed by atoms with E-state index in [1.54, 1.807) is 6.07 Å². The molecule has 0 spiro atoms. The maximum absolute atomic E-state index is 12.8. The van der Waals surface area contributed by atoms with Crippen molar-refractivity contribution in [3.05, 3.63) is 41.6 Å². The van der Waals surface area contributed by atoms with Gasteiger partial charge in [-0.15, -0.1) is 0 Å². The average Bonchev–Trinajstić information content (AvgIpc) is 2.47. The van der Waals surface area contributed by atoms with Crippen molar-refractivity contribution in [3.8, 4) is 6.07 Å². The Morgan fingerprint density at radius 1 is 1.41 bits per heavy atom. The fraction of sp³-hybridized carbons (Fsp3) is 0.333. The Bertz CT molecular complexity index is 603. The highest BCUT2D eigenvalue weighted by Crippen LogP contribution is 2.34. The van der Waals surface area contributed by atoms with Gasteiger partial charge in [-0.1, -0.05) is 19.1 Å². The van der Waals surface area contributed by atoms with Crippen molar-refractivity contribution in [1.82, 2.24) is 5.32 Å². The number of nitrogens with zero attached hydrogens (tertiary/aromatic N) is 1. The topological polar surface area (TPSA) is 64.9 Å². The molecule has 0 bridgehead atoms. The summed E-state index contributed by atoms with van der Waals surface area (Å²) in [6.45, 7) is 3.76. The molecule has 1 unspecified atom stereocenters. The third-order valence-electron chi connectivity index (χ3n) is 2.97. The molecule has 7 heteroatoms. The SMILES string of the molecule is CCC(C)N/C=C(/C#N)C(=O)Nc1ccccc1C(F)(F)F. The van der Waals surface area contributed by atoms with Crippen molar-refractivity contribution in [3.63, 3.8) is 0 Å². The van der Waals surface area contributed by atoms with Crippen LogP contribution in [0.5, 0.6) is 0 Å². The summed E-state index contributed by atoms with van der Waals surface area (Å²) in [4.78, 5) is 11.9. The number of amides is 1. The van der Waals surface area contributed by atoms with Crippen molar-refractivity contribution < 1.29 is 18.0 Å². The van der Waals surface area contributed by atoms with Gasteiger partial charge in [-0.3, -0.25) is 4.79 Å². The van der Waals surface area contributed by atoms with Gasteiger partial charge >= 0.3 is 6.18 Å². The molecular weight excluding hydrogens is 295 g/mol. The zero-order chi connectivity index (χ0) is 16.8. The Balaban J connectivity index is 2.95. The second-order valence-corrected chi connectivity index (χ2v) is 4.64. The first-order chi connectivity index (χ1) is 10.3. The highest BCUT2D eigenvalue weighted by atomic mass is 19.4. The molecule has 1 aromatic carbocycles. The predicted molar refractivity (Wildman–Crippen MR) is 76.7 cm³/mol. The molecule has 1 aromatic rings. The van der Waals surface area contributed by atoms with Crippen LogP contribution in [-0.2, 0) is 11.0 Å². The number of nitriles is 1. The Morgan fingerprint density at radius 2 is 2.05 bits per heavy atom. The molecule has 2 N–H and O–H groups in total. The highest BCUT2D eigenvalue weighted by Gasteiger charge is 2.33. The molecule has 0 aromatic heterocycles. The molecule has 0 aliphatic heterocycles. The number of hydrogen-bond acceptors (Lipinski definition) is 3. The van der Waals surface area contributed by atoms with E-state index in [0.717, 1.165) is 18.6 Å². The Kier molecular flexibility index (Phi) is 5.99. The lowest BCUT2D eigenvalue weighted by molar-refractivity contribution is -0.136. The van der Waals surface area contributed by atoms with Crippen LogP contribution in [0.1, 0.15) is 25.8 Å². The number of rotatable bonds is 5.